The molecule has 0 saturated carbocycles. The highest BCUT2D eigenvalue weighted by Crippen LogP contribution is 2.25. The Morgan fingerprint density at radius 2 is 1.78 bits per heavy atom. The number of benzene rings is 2. The van der Waals surface area contributed by atoms with Gasteiger partial charge in [-0.05, 0) is 43.3 Å². The van der Waals surface area contributed by atoms with E-state index in [1.807, 2.05) is 30.3 Å². The van der Waals surface area contributed by atoms with E-state index in [-0.39, 0.29) is 5.56 Å². The van der Waals surface area contributed by atoms with Crippen LogP contribution in [0.4, 0.5) is 11.5 Å². The molecule has 116 valence electrons. The van der Waals surface area contributed by atoms with Gasteiger partial charge in [-0.1, -0.05) is 29.8 Å². The monoisotopic (exact) mass is 327 g/mol. The molecule has 6 heteroatoms. The van der Waals surface area contributed by atoms with Crippen LogP contribution in [0.15, 0.2) is 54.6 Å². The molecule has 3 rings (SSSR count). The molecule has 0 spiro atoms. The Morgan fingerprint density at radius 3 is 2.39 bits per heavy atom. The second-order valence-corrected chi connectivity index (χ2v) is 5.43. The van der Waals surface area contributed by atoms with E-state index >= 15 is 0 Å². The Balaban J connectivity index is 2.07. The van der Waals surface area contributed by atoms with Crippen LogP contribution in [0.25, 0.3) is 5.69 Å². The molecule has 5 nitrogen and oxygen atoms in total. The van der Waals surface area contributed by atoms with Gasteiger partial charge >= 0.3 is 5.97 Å². The number of aromatic carboxylic acids is 1. The number of hydrogen-bond acceptors (Lipinski definition) is 3. The third kappa shape index (κ3) is 3.05. The average Bonchev–Trinajstić information content (AvgIpc) is 2.85. The Bertz CT molecular complexity index is 842. The van der Waals surface area contributed by atoms with Gasteiger partial charge in [0.25, 0.3) is 0 Å². The summed E-state index contributed by atoms with van der Waals surface area (Å²) >= 11 is 5.90. The predicted molar refractivity (Wildman–Crippen MR) is 90.0 cm³/mol. The molecule has 0 radical (unpaired) electrons. The van der Waals surface area contributed by atoms with Crippen LogP contribution in [-0.4, -0.2) is 20.9 Å². The maximum atomic E-state index is 11.6. The van der Waals surface area contributed by atoms with E-state index in [1.165, 1.54) is 0 Å². The van der Waals surface area contributed by atoms with Crippen LogP contribution in [0.2, 0.25) is 5.02 Å². The van der Waals surface area contributed by atoms with Crippen molar-refractivity contribution in [1.29, 1.82) is 0 Å². The van der Waals surface area contributed by atoms with Crippen LogP contribution in [0, 0.1) is 6.92 Å². The molecule has 0 atom stereocenters. The Labute approximate surface area is 138 Å². The zero-order chi connectivity index (χ0) is 16.4. The van der Waals surface area contributed by atoms with Crippen molar-refractivity contribution >= 4 is 29.1 Å². The van der Waals surface area contributed by atoms with Crippen molar-refractivity contribution in [2.24, 2.45) is 0 Å². The van der Waals surface area contributed by atoms with Crippen molar-refractivity contribution in [1.82, 2.24) is 9.78 Å². The quantitative estimate of drug-likeness (QED) is 0.750. The first-order chi connectivity index (χ1) is 11.1. The maximum Gasteiger partial charge on any atom is 0.341 e. The molecule has 0 aliphatic carbocycles. The molecule has 23 heavy (non-hydrogen) atoms. The molecule has 1 aromatic heterocycles. The van der Waals surface area contributed by atoms with Crippen LogP contribution in [-0.2, 0) is 0 Å². The van der Waals surface area contributed by atoms with Gasteiger partial charge in [0, 0.05) is 10.7 Å². The van der Waals surface area contributed by atoms with Crippen LogP contribution >= 0.6 is 11.6 Å². The third-order valence-electron chi connectivity index (χ3n) is 3.44. The molecule has 0 fully saturated rings. The molecular weight excluding hydrogens is 314 g/mol. The number of hydrogen-bond donors (Lipinski definition) is 2. The van der Waals surface area contributed by atoms with E-state index in [0.29, 0.717) is 16.5 Å². The number of nitrogens with zero attached hydrogens (tertiary/aromatic N) is 2. The number of anilines is 2. The van der Waals surface area contributed by atoms with Crippen LogP contribution in [0.1, 0.15) is 16.1 Å². The van der Waals surface area contributed by atoms with Crippen molar-refractivity contribution in [3.8, 4) is 5.69 Å². The van der Waals surface area contributed by atoms with E-state index in [2.05, 4.69) is 10.4 Å². The normalized spacial score (nSPS) is 10.5. The highest BCUT2D eigenvalue weighted by Gasteiger charge is 2.21. The molecule has 0 aliphatic rings. The topological polar surface area (TPSA) is 67.2 Å². The number of carboxylic acid groups (broad SMARTS) is 1. The van der Waals surface area contributed by atoms with E-state index in [9.17, 15) is 9.90 Å². The molecule has 3 aromatic rings. The smallest absolute Gasteiger partial charge is 0.341 e. The number of carboxylic acids is 1. The van der Waals surface area contributed by atoms with Gasteiger partial charge < -0.3 is 10.4 Å². The fraction of sp³-hybridized carbons (Fsp3) is 0.0588. The summed E-state index contributed by atoms with van der Waals surface area (Å²) in [5, 5.41) is 17.6. The number of aromatic nitrogens is 2. The first-order valence-corrected chi connectivity index (χ1v) is 7.35. The number of rotatable bonds is 4. The molecule has 0 unspecified atom stereocenters. The SMILES string of the molecule is Cc1c(C(=O)O)c(Nc2ccccc2)nn1-c1ccc(Cl)cc1. The lowest BCUT2D eigenvalue weighted by Gasteiger charge is -2.04. The standard InChI is InChI=1S/C17H14ClN3O2/c1-11-15(17(22)23)16(19-13-5-3-2-4-6-13)20-21(11)14-9-7-12(18)8-10-14/h2-10H,1H3,(H,19,20)(H,22,23). The summed E-state index contributed by atoms with van der Waals surface area (Å²) in [6.45, 7) is 1.72. The van der Waals surface area contributed by atoms with Gasteiger partial charge in [-0.3, -0.25) is 0 Å². The van der Waals surface area contributed by atoms with Gasteiger partial charge in [0.1, 0.15) is 5.56 Å². The lowest BCUT2D eigenvalue weighted by Crippen LogP contribution is -2.03. The molecule has 0 aliphatic heterocycles. The Morgan fingerprint density at radius 1 is 1.13 bits per heavy atom. The van der Waals surface area contributed by atoms with E-state index in [4.69, 9.17) is 11.6 Å². The van der Waals surface area contributed by atoms with Crippen molar-refractivity contribution in [2.75, 3.05) is 5.32 Å². The predicted octanol–water partition coefficient (Wildman–Crippen LogP) is 4.28. The van der Waals surface area contributed by atoms with Crippen LogP contribution < -0.4 is 5.32 Å². The van der Waals surface area contributed by atoms with Gasteiger partial charge in [0.15, 0.2) is 5.82 Å². The van der Waals surface area contributed by atoms with Gasteiger partial charge in [0.05, 0.1) is 11.4 Å². The van der Waals surface area contributed by atoms with Crippen molar-refractivity contribution < 1.29 is 9.90 Å². The lowest BCUT2D eigenvalue weighted by atomic mass is 10.2. The van der Waals surface area contributed by atoms with E-state index < -0.39 is 5.97 Å². The fourth-order valence-corrected chi connectivity index (χ4v) is 2.46. The van der Waals surface area contributed by atoms with Crippen molar-refractivity contribution in [3.05, 3.63) is 70.9 Å². The molecular formula is C17H14ClN3O2. The Kier molecular flexibility index (Phi) is 4.04. The highest BCUT2D eigenvalue weighted by molar-refractivity contribution is 6.30. The van der Waals surface area contributed by atoms with Crippen LogP contribution in [0.3, 0.4) is 0 Å². The molecule has 2 aromatic carbocycles. The Hall–Kier alpha value is -2.79. The molecule has 0 saturated heterocycles. The summed E-state index contributed by atoms with van der Waals surface area (Å²) < 4.78 is 1.59. The lowest BCUT2D eigenvalue weighted by molar-refractivity contribution is 0.0697. The van der Waals surface area contributed by atoms with Crippen molar-refractivity contribution in [2.45, 2.75) is 6.92 Å². The third-order valence-corrected chi connectivity index (χ3v) is 3.69. The highest BCUT2D eigenvalue weighted by atomic mass is 35.5. The van der Waals surface area contributed by atoms with Gasteiger partial charge in [-0.15, -0.1) is 5.10 Å². The number of carbonyl (C=O) groups is 1. The average molecular weight is 328 g/mol. The van der Waals surface area contributed by atoms with E-state index in [1.54, 1.807) is 35.9 Å². The van der Waals surface area contributed by atoms with E-state index in [0.717, 1.165) is 11.4 Å². The zero-order valence-corrected chi connectivity index (χ0v) is 13.1. The number of para-hydroxylation sites is 1. The first kappa shape index (κ1) is 15.1. The summed E-state index contributed by atoms with van der Waals surface area (Å²) in [5.41, 5.74) is 2.20. The van der Waals surface area contributed by atoms with Gasteiger partial charge in [-0.2, -0.15) is 0 Å². The summed E-state index contributed by atoms with van der Waals surface area (Å²) in [4.78, 5) is 11.6. The zero-order valence-electron chi connectivity index (χ0n) is 12.3. The molecule has 2 N–H and O–H groups in total. The minimum Gasteiger partial charge on any atom is -0.477 e. The number of halogens is 1. The fourth-order valence-electron chi connectivity index (χ4n) is 2.34. The molecule has 1 heterocycles. The van der Waals surface area contributed by atoms with Crippen molar-refractivity contribution in [3.63, 3.8) is 0 Å². The maximum absolute atomic E-state index is 11.6. The minimum absolute atomic E-state index is 0.142. The second-order valence-electron chi connectivity index (χ2n) is 4.99. The van der Waals surface area contributed by atoms with Gasteiger partial charge in [-0.25, -0.2) is 9.48 Å². The summed E-state index contributed by atoms with van der Waals surface area (Å²) in [7, 11) is 0. The largest absolute Gasteiger partial charge is 0.477 e. The second kappa shape index (κ2) is 6.14. The first-order valence-electron chi connectivity index (χ1n) is 6.97. The van der Waals surface area contributed by atoms with Crippen LogP contribution in [0.5, 0.6) is 0 Å². The van der Waals surface area contributed by atoms with Gasteiger partial charge in [0.2, 0.25) is 0 Å². The molecule has 0 bridgehead atoms. The summed E-state index contributed by atoms with van der Waals surface area (Å²) in [5.74, 6) is -0.725. The molecule has 0 amide bonds. The number of nitrogens with one attached hydrogen (secondary N) is 1. The minimum atomic E-state index is -1.03. The summed E-state index contributed by atoms with van der Waals surface area (Å²) in [6, 6.07) is 16.4. The summed E-state index contributed by atoms with van der Waals surface area (Å²) in [6.07, 6.45) is 0.